The Kier molecular flexibility index (Phi) is 5.57. The topological polar surface area (TPSA) is 12.9 Å². The SMILES string of the molecule is Clc1ccccn1.[H-].[K+]. The molecule has 1 aromatic rings. The summed E-state index contributed by atoms with van der Waals surface area (Å²) in [5, 5.41) is 0.544. The van der Waals surface area contributed by atoms with Crippen LogP contribution in [0.25, 0.3) is 0 Å². The standard InChI is InChI=1S/C5H4ClN.K.H/c6-5-3-1-2-4-7-5;;/h1-4H;;/q;+1;-1. The van der Waals surface area contributed by atoms with Gasteiger partial charge < -0.3 is 1.43 Å². The van der Waals surface area contributed by atoms with Gasteiger partial charge in [-0.05, 0) is 12.1 Å². The molecule has 0 unspecified atom stereocenters. The molecule has 3 heteroatoms. The molecule has 0 N–H and O–H groups in total. The Morgan fingerprint density at radius 1 is 1.50 bits per heavy atom. The van der Waals surface area contributed by atoms with E-state index in [-0.39, 0.29) is 52.8 Å². The van der Waals surface area contributed by atoms with Crippen molar-refractivity contribution in [2.45, 2.75) is 0 Å². The van der Waals surface area contributed by atoms with Crippen LogP contribution in [0.5, 0.6) is 0 Å². The van der Waals surface area contributed by atoms with E-state index in [1.807, 2.05) is 12.1 Å². The molecule has 0 aromatic carbocycles. The molecule has 0 amide bonds. The van der Waals surface area contributed by atoms with Crippen LogP contribution in [0.4, 0.5) is 0 Å². The molecule has 0 saturated carbocycles. The average molecular weight is 154 g/mol. The molecule has 1 nitrogen and oxygen atoms in total. The van der Waals surface area contributed by atoms with Gasteiger partial charge in [0.15, 0.2) is 0 Å². The quantitative estimate of drug-likeness (QED) is 0.339. The maximum atomic E-state index is 5.43. The minimum absolute atomic E-state index is 0. The number of hydrogen-bond donors (Lipinski definition) is 0. The summed E-state index contributed by atoms with van der Waals surface area (Å²) in [5.41, 5.74) is 0. The van der Waals surface area contributed by atoms with Crippen LogP contribution >= 0.6 is 11.6 Å². The van der Waals surface area contributed by atoms with E-state index < -0.39 is 0 Å². The molecule has 8 heavy (non-hydrogen) atoms. The summed E-state index contributed by atoms with van der Waals surface area (Å²) in [6.45, 7) is 0. The zero-order chi connectivity index (χ0) is 5.11. The van der Waals surface area contributed by atoms with Gasteiger partial charge in [0.05, 0.1) is 0 Å². The van der Waals surface area contributed by atoms with Gasteiger partial charge in [-0.25, -0.2) is 4.98 Å². The predicted molar refractivity (Wildman–Crippen MR) is 30.4 cm³/mol. The molecule has 0 atom stereocenters. The van der Waals surface area contributed by atoms with Gasteiger partial charge in [-0.3, -0.25) is 0 Å². The van der Waals surface area contributed by atoms with Gasteiger partial charge in [0.1, 0.15) is 5.15 Å². The molecule has 38 valence electrons. The van der Waals surface area contributed by atoms with Crippen molar-refractivity contribution < 1.29 is 52.8 Å². The third-order valence-corrected chi connectivity index (χ3v) is 0.852. The first-order valence-corrected chi connectivity index (χ1v) is 2.34. The van der Waals surface area contributed by atoms with Crippen LogP contribution in [0.3, 0.4) is 0 Å². The van der Waals surface area contributed by atoms with E-state index in [0.29, 0.717) is 5.15 Å². The van der Waals surface area contributed by atoms with Crippen molar-refractivity contribution in [3.8, 4) is 0 Å². The number of aromatic nitrogens is 1. The number of hydrogen-bond acceptors (Lipinski definition) is 1. The fraction of sp³-hybridized carbons (Fsp3) is 0. The van der Waals surface area contributed by atoms with E-state index in [0.717, 1.165) is 0 Å². The number of pyridine rings is 1. The first-order valence-electron chi connectivity index (χ1n) is 1.96. The van der Waals surface area contributed by atoms with Gasteiger partial charge >= 0.3 is 51.4 Å². The Morgan fingerprint density at radius 2 is 2.25 bits per heavy atom. The van der Waals surface area contributed by atoms with Crippen molar-refractivity contribution in [1.29, 1.82) is 0 Å². The second kappa shape index (κ2) is 4.91. The summed E-state index contributed by atoms with van der Waals surface area (Å²) in [7, 11) is 0. The summed E-state index contributed by atoms with van der Waals surface area (Å²) < 4.78 is 0. The summed E-state index contributed by atoms with van der Waals surface area (Å²) >= 11 is 5.43. The van der Waals surface area contributed by atoms with Crippen molar-refractivity contribution >= 4 is 11.6 Å². The molecule has 0 saturated heterocycles. The molecule has 0 aliphatic rings. The first-order chi connectivity index (χ1) is 3.39. The summed E-state index contributed by atoms with van der Waals surface area (Å²) in [6.07, 6.45) is 1.66. The zero-order valence-electron chi connectivity index (χ0n) is 5.63. The van der Waals surface area contributed by atoms with Crippen LogP contribution in [-0.4, -0.2) is 4.98 Å². The van der Waals surface area contributed by atoms with Gasteiger partial charge in [-0.1, -0.05) is 17.7 Å². The van der Waals surface area contributed by atoms with E-state index in [1.54, 1.807) is 12.3 Å². The van der Waals surface area contributed by atoms with E-state index in [9.17, 15) is 0 Å². The van der Waals surface area contributed by atoms with Gasteiger partial charge in [-0.15, -0.1) is 0 Å². The van der Waals surface area contributed by atoms with E-state index in [2.05, 4.69) is 4.98 Å². The fourth-order valence-corrected chi connectivity index (χ4v) is 0.471. The molecule has 1 rings (SSSR count). The normalized spacial score (nSPS) is 7.62. The third kappa shape index (κ3) is 3.17. The molecule has 0 bridgehead atoms. The van der Waals surface area contributed by atoms with Crippen LogP contribution in [0.2, 0.25) is 5.15 Å². The maximum Gasteiger partial charge on any atom is 1.00 e. The van der Waals surface area contributed by atoms with Crippen molar-refractivity contribution in [1.82, 2.24) is 4.98 Å². The molecule has 0 fully saturated rings. The predicted octanol–water partition coefficient (Wildman–Crippen LogP) is -1.15. The molecular weight excluding hydrogens is 149 g/mol. The Hall–Kier alpha value is 1.08. The van der Waals surface area contributed by atoms with Crippen molar-refractivity contribution in [3.63, 3.8) is 0 Å². The largest absolute Gasteiger partial charge is 1.00 e. The Morgan fingerprint density at radius 3 is 2.50 bits per heavy atom. The van der Waals surface area contributed by atoms with E-state index in [4.69, 9.17) is 11.6 Å². The molecule has 0 aliphatic heterocycles. The molecule has 0 radical (unpaired) electrons. The number of nitrogens with zero attached hydrogens (tertiary/aromatic N) is 1. The molecule has 1 aromatic heterocycles. The monoisotopic (exact) mass is 153 g/mol. The Bertz CT molecular complexity index is 147. The molecule has 0 spiro atoms. The second-order valence-corrected chi connectivity index (χ2v) is 1.54. The molecular formula is C5H5ClKN. The average Bonchev–Trinajstić information content (AvgIpc) is 1.69. The van der Waals surface area contributed by atoms with Gasteiger partial charge in [0.2, 0.25) is 0 Å². The van der Waals surface area contributed by atoms with E-state index >= 15 is 0 Å². The van der Waals surface area contributed by atoms with Crippen LogP contribution in [0.15, 0.2) is 24.4 Å². The molecule has 1 heterocycles. The van der Waals surface area contributed by atoms with Crippen LogP contribution in [0.1, 0.15) is 1.43 Å². The van der Waals surface area contributed by atoms with Crippen LogP contribution < -0.4 is 51.4 Å². The van der Waals surface area contributed by atoms with Crippen molar-refractivity contribution in [2.24, 2.45) is 0 Å². The number of rotatable bonds is 0. The smallest absolute Gasteiger partial charge is 1.00 e. The van der Waals surface area contributed by atoms with Crippen molar-refractivity contribution in [2.75, 3.05) is 0 Å². The van der Waals surface area contributed by atoms with Crippen LogP contribution in [-0.2, 0) is 0 Å². The minimum Gasteiger partial charge on any atom is -1.00 e. The minimum atomic E-state index is 0. The van der Waals surface area contributed by atoms with Gasteiger partial charge in [-0.2, -0.15) is 0 Å². The Labute approximate surface area is 97.4 Å². The Balaban J connectivity index is 0. The fourth-order valence-electron chi connectivity index (χ4n) is 0.342. The summed E-state index contributed by atoms with van der Waals surface area (Å²) in [5.74, 6) is 0. The maximum absolute atomic E-state index is 5.43. The van der Waals surface area contributed by atoms with Crippen molar-refractivity contribution in [3.05, 3.63) is 29.5 Å². The number of halogens is 1. The molecule has 0 aliphatic carbocycles. The van der Waals surface area contributed by atoms with Gasteiger partial charge in [0.25, 0.3) is 0 Å². The van der Waals surface area contributed by atoms with Crippen LogP contribution in [0, 0.1) is 0 Å². The summed E-state index contributed by atoms with van der Waals surface area (Å²) in [6, 6.07) is 5.41. The van der Waals surface area contributed by atoms with Gasteiger partial charge in [0, 0.05) is 6.20 Å². The second-order valence-electron chi connectivity index (χ2n) is 1.15. The summed E-state index contributed by atoms with van der Waals surface area (Å²) in [4.78, 5) is 3.74. The zero-order valence-corrected chi connectivity index (χ0v) is 8.51. The first kappa shape index (κ1) is 9.08. The third-order valence-electron chi connectivity index (χ3n) is 0.629. The van der Waals surface area contributed by atoms with E-state index in [1.165, 1.54) is 0 Å².